The van der Waals surface area contributed by atoms with Crippen molar-refractivity contribution in [3.63, 3.8) is 0 Å². The van der Waals surface area contributed by atoms with E-state index < -0.39 is 5.41 Å². The molecule has 0 heterocycles. The maximum absolute atomic E-state index is 12.4. The van der Waals surface area contributed by atoms with Gasteiger partial charge in [0, 0.05) is 12.6 Å². The average Bonchev–Trinajstić information content (AvgIpc) is 2.96. The monoisotopic (exact) mass is 298 g/mol. The predicted octanol–water partition coefficient (Wildman–Crippen LogP) is 1.53. The summed E-state index contributed by atoms with van der Waals surface area (Å²) < 4.78 is 0. The van der Waals surface area contributed by atoms with Crippen LogP contribution in [0.4, 0.5) is 0 Å². The number of nitrogens with one attached hydrogen (secondary N) is 1. The van der Waals surface area contributed by atoms with E-state index in [1.54, 1.807) is 0 Å². The number of amidine groups is 1. The Morgan fingerprint density at radius 1 is 1.38 bits per heavy atom. The average molecular weight is 298 g/mol. The van der Waals surface area contributed by atoms with Crippen molar-refractivity contribution in [1.82, 2.24) is 10.2 Å². The van der Waals surface area contributed by atoms with Crippen LogP contribution in [0.25, 0.3) is 0 Å². The van der Waals surface area contributed by atoms with Crippen molar-refractivity contribution in [2.24, 2.45) is 16.3 Å². The molecule has 1 aliphatic carbocycles. The van der Waals surface area contributed by atoms with Gasteiger partial charge < -0.3 is 21.2 Å². The molecule has 0 spiro atoms. The Kier molecular flexibility index (Phi) is 6.95. The number of hydrogen-bond acceptors (Lipinski definition) is 4. The summed E-state index contributed by atoms with van der Waals surface area (Å²) in [4.78, 5) is 14.7. The van der Waals surface area contributed by atoms with E-state index in [4.69, 9.17) is 10.9 Å². The van der Waals surface area contributed by atoms with Crippen LogP contribution in [0, 0.1) is 5.41 Å². The molecule has 0 saturated heterocycles. The molecule has 0 unspecified atom stereocenters. The highest BCUT2D eigenvalue weighted by Gasteiger charge is 2.45. The Bertz CT molecular complexity index is 363. The molecule has 1 aliphatic rings. The van der Waals surface area contributed by atoms with Crippen LogP contribution in [0.5, 0.6) is 0 Å². The van der Waals surface area contributed by atoms with Crippen LogP contribution in [0.15, 0.2) is 5.16 Å². The third-order valence-electron chi connectivity index (χ3n) is 4.59. The second kappa shape index (κ2) is 8.22. The quantitative estimate of drug-likeness (QED) is 0.208. The molecular weight excluding hydrogens is 268 g/mol. The summed E-state index contributed by atoms with van der Waals surface area (Å²) >= 11 is 0. The molecule has 1 rings (SSSR count). The molecule has 0 atom stereocenters. The van der Waals surface area contributed by atoms with E-state index in [9.17, 15) is 4.79 Å². The van der Waals surface area contributed by atoms with Crippen LogP contribution in [0.3, 0.4) is 0 Å². The van der Waals surface area contributed by atoms with Gasteiger partial charge in [0.25, 0.3) is 0 Å². The molecule has 0 bridgehead atoms. The molecule has 0 aliphatic heterocycles. The molecule has 0 aromatic rings. The van der Waals surface area contributed by atoms with Gasteiger partial charge >= 0.3 is 0 Å². The van der Waals surface area contributed by atoms with Gasteiger partial charge in [-0.3, -0.25) is 4.79 Å². The van der Waals surface area contributed by atoms with Gasteiger partial charge in [-0.15, -0.1) is 0 Å². The zero-order chi connectivity index (χ0) is 15.9. The van der Waals surface area contributed by atoms with Crippen molar-refractivity contribution in [2.75, 3.05) is 20.1 Å². The number of oxime groups is 1. The van der Waals surface area contributed by atoms with Gasteiger partial charge in [-0.1, -0.05) is 18.0 Å². The largest absolute Gasteiger partial charge is 0.409 e. The third kappa shape index (κ3) is 4.59. The molecule has 1 saturated carbocycles. The maximum atomic E-state index is 12.4. The van der Waals surface area contributed by atoms with Gasteiger partial charge in [0.05, 0.1) is 0 Å². The minimum Gasteiger partial charge on any atom is -0.409 e. The normalized spacial score (nSPS) is 18.4. The van der Waals surface area contributed by atoms with E-state index >= 15 is 0 Å². The van der Waals surface area contributed by atoms with Crippen LogP contribution in [0.1, 0.15) is 52.4 Å². The number of rotatable bonds is 8. The fourth-order valence-electron chi connectivity index (χ4n) is 2.79. The maximum Gasteiger partial charge on any atom is 0.233 e. The molecule has 4 N–H and O–H groups in total. The van der Waals surface area contributed by atoms with Crippen molar-refractivity contribution in [3.8, 4) is 0 Å². The summed E-state index contributed by atoms with van der Waals surface area (Å²) in [5.41, 5.74) is 4.96. The first-order valence-electron chi connectivity index (χ1n) is 7.90. The van der Waals surface area contributed by atoms with Gasteiger partial charge in [0.15, 0.2) is 5.84 Å². The molecule has 0 aromatic heterocycles. The lowest BCUT2D eigenvalue weighted by molar-refractivity contribution is -0.127. The molecule has 21 heavy (non-hydrogen) atoms. The Labute approximate surface area is 127 Å². The minimum atomic E-state index is -0.788. The zero-order valence-electron chi connectivity index (χ0n) is 13.6. The fourth-order valence-corrected chi connectivity index (χ4v) is 2.79. The van der Waals surface area contributed by atoms with Gasteiger partial charge in [0.1, 0.15) is 5.41 Å². The first kappa shape index (κ1) is 17.8. The van der Waals surface area contributed by atoms with Gasteiger partial charge in [-0.25, -0.2) is 0 Å². The van der Waals surface area contributed by atoms with Gasteiger partial charge in [0.2, 0.25) is 5.91 Å². The first-order valence-corrected chi connectivity index (χ1v) is 7.90. The second-order valence-electron chi connectivity index (χ2n) is 6.31. The lowest BCUT2D eigenvalue weighted by Crippen LogP contribution is -2.48. The van der Waals surface area contributed by atoms with Crippen molar-refractivity contribution in [2.45, 2.75) is 58.4 Å². The van der Waals surface area contributed by atoms with Crippen LogP contribution in [-0.2, 0) is 4.79 Å². The van der Waals surface area contributed by atoms with Crippen LogP contribution >= 0.6 is 0 Å². The predicted molar refractivity (Wildman–Crippen MR) is 84.3 cm³/mol. The standard InChI is InChI=1S/C15H30N4O2/c1-12(2)19(3)11-7-6-10-17-14(20)15(13(16)18-21)8-4-5-9-15/h12,21H,4-11H2,1-3H3,(H2,16,18)(H,17,20). The highest BCUT2D eigenvalue weighted by Crippen LogP contribution is 2.38. The number of carbonyl (C=O) groups excluding carboxylic acids is 1. The number of hydrogen-bond donors (Lipinski definition) is 3. The highest BCUT2D eigenvalue weighted by molar-refractivity contribution is 6.07. The van der Waals surface area contributed by atoms with E-state index in [0.29, 0.717) is 25.4 Å². The molecule has 6 heteroatoms. The third-order valence-corrected chi connectivity index (χ3v) is 4.59. The smallest absolute Gasteiger partial charge is 0.233 e. The Balaban J connectivity index is 2.36. The van der Waals surface area contributed by atoms with Crippen LogP contribution < -0.4 is 11.1 Å². The molecule has 6 nitrogen and oxygen atoms in total. The summed E-state index contributed by atoms with van der Waals surface area (Å²) in [6.45, 7) is 6.01. The second-order valence-corrected chi connectivity index (χ2v) is 6.31. The van der Waals surface area contributed by atoms with Crippen molar-refractivity contribution in [1.29, 1.82) is 0 Å². The number of amides is 1. The number of nitrogens with zero attached hydrogens (tertiary/aromatic N) is 2. The molecule has 0 aromatic carbocycles. The van der Waals surface area contributed by atoms with Crippen molar-refractivity contribution >= 4 is 11.7 Å². The van der Waals surface area contributed by atoms with E-state index in [1.807, 2.05) is 0 Å². The Hall–Kier alpha value is -1.30. The topological polar surface area (TPSA) is 91.0 Å². The summed E-state index contributed by atoms with van der Waals surface area (Å²) in [7, 11) is 2.11. The van der Waals surface area contributed by atoms with Gasteiger partial charge in [-0.2, -0.15) is 0 Å². The number of carbonyl (C=O) groups is 1. The minimum absolute atomic E-state index is 0.0528. The molecule has 122 valence electrons. The summed E-state index contributed by atoms with van der Waals surface area (Å²) in [6.07, 6.45) is 5.22. The number of unbranched alkanes of at least 4 members (excludes halogenated alkanes) is 1. The molecular formula is C15H30N4O2. The fraction of sp³-hybridized carbons (Fsp3) is 0.867. The van der Waals surface area contributed by atoms with Crippen LogP contribution in [-0.4, -0.2) is 48.0 Å². The summed E-state index contributed by atoms with van der Waals surface area (Å²) in [5.74, 6) is -0.0374. The zero-order valence-corrected chi connectivity index (χ0v) is 13.6. The van der Waals surface area contributed by atoms with E-state index in [1.165, 1.54) is 0 Å². The SMILES string of the molecule is CC(C)N(C)CCCCNC(=O)C1(C(N)=NO)CCCC1. The molecule has 0 radical (unpaired) electrons. The summed E-state index contributed by atoms with van der Waals surface area (Å²) in [6, 6.07) is 0.543. The number of nitrogens with two attached hydrogens (primary N) is 1. The van der Waals surface area contributed by atoms with Gasteiger partial charge in [-0.05, 0) is 53.1 Å². The van der Waals surface area contributed by atoms with Crippen LogP contribution in [0.2, 0.25) is 0 Å². The van der Waals surface area contributed by atoms with E-state index in [0.717, 1.165) is 32.2 Å². The first-order chi connectivity index (χ1) is 9.94. The summed E-state index contributed by atoms with van der Waals surface area (Å²) in [5, 5.41) is 14.9. The van der Waals surface area contributed by atoms with E-state index in [-0.39, 0.29) is 11.7 Å². The Morgan fingerprint density at radius 2 is 2.00 bits per heavy atom. The lowest BCUT2D eigenvalue weighted by atomic mass is 9.84. The highest BCUT2D eigenvalue weighted by atomic mass is 16.4. The van der Waals surface area contributed by atoms with Crippen molar-refractivity contribution < 1.29 is 10.0 Å². The van der Waals surface area contributed by atoms with Crippen molar-refractivity contribution in [3.05, 3.63) is 0 Å². The lowest BCUT2D eigenvalue weighted by Gasteiger charge is -2.26. The Morgan fingerprint density at radius 3 is 2.52 bits per heavy atom. The molecule has 1 fully saturated rings. The molecule has 1 amide bonds. The van der Waals surface area contributed by atoms with E-state index in [2.05, 4.69) is 36.3 Å².